The lowest BCUT2D eigenvalue weighted by atomic mass is 9.74. The molecule has 1 aliphatic rings. The first-order valence-corrected chi connectivity index (χ1v) is 12.7. The number of hydrogen-bond donors (Lipinski definition) is 1. The number of benzene rings is 3. The molecule has 1 saturated heterocycles. The van der Waals surface area contributed by atoms with E-state index in [2.05, 4.69) is 40.7 Å². The molecule has 7 heteroatoms. The van der Waals surface area contributed by atoms with Crippen LogP contribution >= 0.6 is 39.1 Å². The van der Waals surface area contributed by atoms with Gasteiger partial charge in [-0.15, -0.1) is 0 Å². The average molecular weight is 576 g/mol. The van der Waals surface area contributed by atoms with Crippen LogP contribution in [0.5, 0.6) is 5.75 Å². The summed E-state index contributed by atoms with van der Waals surface area (Å²) in [4.78, 5) is 11.3. The predicted molar refractivity (Wildman–Crippen MR) is 142 cm³/mol. The van der Waals surface area contributed by atoms with E-state index in [1.165, 1.54) is 0 Å². The molecular formula is C28H25BrCl2O4. The second-order valence-corrected chi connectivity index (χ2v) is 10.5. The van der Waals surface area contributed by atoms with Crippen LogP contribution in [-0.2, 0) is 9.53 Å². The van der Waals surface area contributed by atoms with E-state index in [4.69, 9.17) is 32.7 Å². The van der Waals surface area contributed by atoms with Crippen molar-refractivity contribution in [1.29, 1.82) is 0 Å². The summed E-state index contributed by atoms with van der Waals surface area (Å²) in [6.45, 7) is 5.76. The number of carbonyl (C=O) groups is 1. The summed E-state index contributed by atoms with van der Waals surface area (Å²) < 4.78 is 13.2. The minimum Gasteiger partial charge on any atom is -0.480 e. The van der Waals surface area contributed by atoms with Gasteiger partial charge in [0, 0.05) is 27.4 Å². The van der Waals surface area contributed by atoms with E-state index in [0.29, 0.717) is 25.8 Å². The molecule has 3 aromatic carbocycles. The van der Waals surface area contributed by atoms with Crippen molar-refractivity contribution in [3.05, 3.63) is 110 Å². The SMILES string of the molecule is C=C(C)[C@H]1C[C@H](c2cccc(Cl)c2)[C@H](c2ccccc2)O[C@@H]1c1cc(Cl)cc(Br)c1OCC(=O)O. The number of rotatable bonds is 7. The average Bonchev–Trinajstić information content (AvgIpc) is 2.82. The molecule has 0 spiro atoms. The maximum atomic E-state index is 11.3. The molecule has 0 bridgehead atoms. The van der Waals surface area contributed by atoms with Gasteiger partial charge in [-0.05, 0) is 64.7 Å². The van der Waals surface area contributed by atoms with Crippen molar-refractivity contribution >= 4 is 45.1 Å². The van der Waals surface area contributed by atoms with Gasteiger partial charge in [0.25, 0.3) is 0 Å². The van der Waals surface area contributed by atoms with Crippen LogP contribution in [0.15, 0.2) is 83.4 Å². The van der Waals surface area contributed by atoms with Gasteiger partial charge in [0.15, 0.2) is 6.61 Å². The van der Waals surface area contributed by atoms with Crippen molar-refractivity contribution < 1.29 is 19.4 Å². The highest BCUT2D eigenvalue weighted by Gasteiger charge is 2.42. The van der Waals surface area contributed by atoms with Crippen molar-refractivity contribution in [2.45, 2.75) is 31.5 Å². The number of carboxylic acids is 1. The van der Waals surface area contributed by atoms with Gasteiger partial charge in [-0.1, -0.05) is 77.8 Å². The van der Waals surface area contributed by atoms with Crippen molar-refractivity contribution in [2.75, 3.05) is 6.61 Å². The van der Waals surface area contributed by atoms with Crippen LogP contribution < -0.4 is 4.74 Å². The lowest BCUT2D eigenvalue weighted by molar-refractivity contribution is -0.139. The Balaban J connectivity index is 1.83. The largest absolute Gasteiger partial charge is 0.480 e. The van der Waals surface area contributed by atoms with Gasteiger partial charge >= 0.3 is 5.97 Å². The Morgan fingerprint density at radius 3 is 2.43 bits per heavy atom. The summed E-state index contributed by atoms with van der Waals surface area (Å²) in [5.41, 5.74) is 3.76. The number of aliphatic carboxylic acids is 1. The van der Waals surface area contributed by atoms with Crippen LogP contribution in [-0.4, -0.2) is 17.7 Å². The molecular weight excluding hydrogens is 551 g/mol. The standard InChI is InChI=1S/C28H25BrCl2O4/c1-16(2)21-14-22(18-9-6-10-19(30)11-18)26(17-7-4-3-5-8-17)35-27(21)23-12-20(31)13-24(29)28(23)34-15-25(32)33/h3-13,21-22,26-27H,1,14-15H2,2H3,(H,32,33)/t21-,22-,26+,27+/m1/s1. The van der Waals surface area contributed by atoms with E-state index in [9.17, 15) is 9.90 Å². The van der Waals surface area contributed by atoms with Gasteiger partial charge in [0.05, 0.1) is 16.7 Å². The van der Waals surface area contributed by atoms with E-state index in [1.54, 1.807) is 12.1 Å². The van der Waals surface area contributed by atoms with Gasteiger partial charge in [-0.3, -0.25) is 0 Å². The third-order valence-corrected chi connectivity index (χ3v) is 7.30. The monoisotopic (exact) mass is 574 g/mol. The van der Waals surface area contributed by atoms with Gasteiger partial charge < -0.3 is 14.6 Å². The normalized spacial score (nSPS) is 21.9. The van der Waals surface area contributed by atoms with Crippen LogP contribution in [0.3, 0.4) is 0 Å². The highest BCUT2D eigenvalue weighted by atomic mass is 79.9. The third-order valence-electron chi connectivity index (χ3n) is 6.25. The topological polar surface area (TPSA) is 55.8 Å². The molecule has 4 atom stereocenters. The van der Waals surface area contributed by atoms with Gasteiger partial charge in [0.2, 0.25) is 0 Å². The molecule has 0 radical (unpaired) electrons. The summed E-state index contributed by atoms with van der Waals surface area (Å²) in [6, 6.07) is 21.4. The van der Waals surface area contributed by atoms with Crippen LogP contribution in [0, 0.1) is 5.92 Å². The van der Waals surface area contributed by atoms with E-state index < -0.39 is 18.7 Å². The molecule has 0 amide bonds. The predicted octanol–water partition coefficient (Wildman–Crippen LogP) is 8.40. The summed E-state index contributed by atoms with van der Waals surface area (Å²) in [5, 5.41) is 10.4. The maximum Gasteiger partial charge on any atom is 0.341 e. The zero-order chi connectivity index (χ0) is 25.1. The van der Waals surface area contributed by atoms with Gasteiger partial charge in [-0.25, -0.2) is 4.79 Å². The molecule has 35 heavy (non-hydrogen) atoms. The van der Waals surface area contributed by atoms with Crippen LogP contribution in [0.1, 0.15) is 48.2 Å². The molecule has 0 unspecified atom stereocenters. The molecule has 1 N–H and O–H groups in total. The van der Waals surface area contributed by atoms with Crippen LogP contribution in [0.25, 0.3) is 0 Å². The van der Waals surface area contributed by atoms with E-state index in [-0.39, 0.29) is 17.9 Å². The summed E-state index contributed by atoms with van der Waals surface area (Å²) >= 11 is 16.3. The van der Waals surface area contributed by atoms with Crippen molar-refractivity contribution in [2.24, 2.45) is 5.92 Å². The highest BCUT2D eigenvalue weighted by molar-refractivity contribution is 9.10. The highest BCUT2D eigenvalue weighted by Crippen LogP contribution is 2.54. The maximum absolute atomic E-state index is 11.3. The number of carboxylic acid groups (broad SMARTS) is 1. The molecule has 1 aliphatic heterocycles. The first kappa shape index (κ1) is 25.8. The Morgan fingerprint density at radius 1 is 1.06 bits per heavy atom. The zero-order valence-corrected chi connectivity index (χ0v) is 22.2. The first-order valence-electron chi connectivity index (χ1n) is 11.2. The smallest absolute Gasteiger partial charge is 0.341 e. The minimum atomic E-state index is -1.07. The molecule has 0 saturated carbocycles. The summed E-state index contributed by atoms with van der Waals surface area (Å²) in [6.07, 6.45) is 0.0230. The summed E-state index contributed by atoms with van der Waals surface area (Å²) in [7, 11) is 0. The molecule has 4 rings (SSSR count). The zero-order valence-electron chi connectivity index (χ0n) is 19.1. The number of ether oxygens (including phenoxy) is 2. The van der Waals surface area contributed by atoms with E-state index in [0.717, 1.165) is 23.1 Å². The van der Waals surface area contributed by atoms with Gasteiger partial charge in [0.1, 0.15) is 5.75 Å². The minimum absolute atomic E-state index is 0.0278. The number of halogens is 3. The molecule has 0 aromatic heterocycles. The third kappa shape index (κ3) is 5.92. The molecule has 0 aliphatic carbocycles. The first-order chi connectivity index (χ1) is 16.7. The van der Waals surface area contributed by atoms with Crippen LogP contribution in [0.4, 0.5) is 0 Å². The van der Waals surface area contributed by atoms with E-state index in [1.807, 2.05) is 43.3 Å². The quantitative estimate of drug-likeness (QED) is 0.287. The fourth-order valence-corrected chi connectivity index (χ4v) is 5.84. The second kappa shape index (κ2) is 11.2. The Hall–Kier alpha value is -2.31. The Kier molecular flexibility index (Phi) is 8.23. The van der Waals surface area contributed by atoms with Gasteiger partial charge in [-0.2, -0.15) is 0 Å². The second-order valence-electron chi connectivity index (χ2n) is 8.73. The Labute approximate surface area is 223 Å². The number of hydrogen-bond acceptors (Lipinski definition) is 3. The molecule has 3 aromatic rings. The Bertz CT molecular complexity index is 1230. The molecule has 4 nitrogen and oxygen atoms in total. The fourth-order valence-electron chi connectivity index (χ4n) is 4.70. The molecule has 1 fully saturated rings. The molecule has 182 valence electrons. The van der Waals surface area contributed by atoms with E-state index >= 15 is 0 Å². The Morgan fingerprint density at radius 2 is 1.77 bits per heavy atom. The van der Waals surface area contributed by atoms with Crippen molar-refractivity contribution in [1.82, 2.24) is 0 Å². The van der Waals surface area contributed by atoms with Crippen LogP contribution in [0.2, 0.25) is 10.0 Å². The molecule has 1 heterocycles. The van der Waals surface area contributed by atoms with Crippen molar-refractivity contribution in [3.63, 3.8) is 0 Å². The lowest BCUT2D eigenvalue weighted by Crippen LogP contribution is -2.32. The summed E-state index contributed by atoms with van der Waals surface area (Å²) in [5.74, 6) is -0.709. The fraction of sp³-hybridized carbons (Fsp3) is 0.250. The van der Waals surface area contributed by atoms with Crippen molar-refractivity contribution in [3.8, 4) is 5.75 Å². The lowest BCUT2D eigenvalue weighted by Gasteiger charge is -2.43.